The number of nitrogens with zero attached hydrogens (tertiary/aromatic N) is 1. The molecule has 0 saturated heterocycles. The molecule has 0 rings (SSSR count). The lowest BCUT2D eigenvalue weighted by atomic mass is 10.5. The largest absolute Gasteiger partial charge is 0.398 e. The van der Waals surface area contributed by atoms with Gasteiger partial charge < -0.3 is 18.5 Å². The van der Waals surface area contributed by atoms with Crippen LogP contribution in [0.1, 0.15) is 13.3 Å². The van der Waals surface area contributed by atoms with Crippen LogP contribution < -0.4 is 0 Å². The van der Waals surface area contributed by atoms with Gasteiger partial charge in [0.25, 0.3) is 0 Å². The van der Waals surface area contributed by atoms with Gasteiger partial charge in [0, 0.05) is 27.4 Å². The third-order valence-electron chi connectivity index (χ3n) is 2.81. The maximum Gasteiger partial charge on any atom is 0.337 e. The van der Waals surface area contributed by atoms with Crippen molar-refractivity contribution in [1.29, 1.82) is 0 Å². The van der Waals surface area contributed by atoms with Crippen LogP contribution in [-0.4, -0.2) is 61.5 Å². The number of hydrogen-bond acceptors (Lipinski definition) is 4. The summed E-state index contributed by atoms with van der Waals surface area (Å²) in [4.78, 5) is 2.12. The minimum atomic E-state index is -1.89. The van der Waals surface area contributed by atoms with Crippen LogP contribution in [0.5, 0.6) is 0 Å². The Morgan fingerprint density at radius 2 is 1.69 bits per heavy atom. The molecule has 16 heavy (non-hydrogen) atoms. The van der Waals surface area contributed by atoms with Crippen molar-refractivity contribution < 1.29 is 13.6 Å². The molecular formula is C11H27NO3Si. The first-order valence-corrected chi connectivity index (χ1v) is 8.16. The SMILES string of the molecule is CC[Si](CCCOCCN(C)C)(OC)OC. The normalized spacial score (nSPS) is 12.4. The van der Waals surface area contributed by atoms with Crippen LogP contribution in [0.25, 0.3) is 0 Å². The van der Waals surface area contributed by atoms with Crippen LogP contribution in [0.4, 0.5) is 0 Å². The van der Waals surface area contributed by atoms with E-state index in [0.717, 1.165) is 38.3 Å². The van der Waals surface area contributed by atoms with Crippen LogP contribution in [-0.2, 0) is 13.6 Å². The molecule has 0 atom stereocenters. The van der Waals surface area contributed by atoms with E-state index in [9.17, 15) is 0 Å². The highest BCUT2D eigenvalue weighted by atomic mass is 28.4. The fraction of sp³-hybridized carbons (Fsp3) is 1.00. The molecule has 0 radical (unpaired) electrons. The molecule has 5 heteroatoms. The molecule has 4 nitrogen and oxygen atoms in total. The summed E-state index contributed by atoms with van der Waals surface area (Å²) in [5, 5.41) is 0. The van der Waals surface area contributed by atoms with E-state index in [1.54, 1.807) is 14.2 Å². The average molecular weight is 249 g/mol. The van der Waals surface area contributed by atoms with Gasteiger partial charge in [-0.2, -0.15) is 0 Å². The molecule has 0 heterocycles. The van der Waals surface area contributed by atoms with Gasteiger partial charge in [0.1, 0.15) is 0 Å². The number of hydrogen-bond donors (Lipinski definition) is 0. The highest BCUT2D eigenvalue weighted by molar-refractivity contribution is 6.67. The fourth-order valence-corrected chi connectivity index (χ4v) is 3.73. The second kappa shape index (κ2) is 9.12. The molecule has 98 valence electrons. The van der Waals surface area contributed by atoms with E-state index < -0.39 is 8.56 Å². The van der Waals surface area contributed by atoms with Gasteiger partial charge in [0.15, 0.2) is 0 Å². The van der Waals surface area contributed by atoms with Crippen molar-refractivity contribution in [1.82, 2.24) is 4.90 Å². The Labute approximate surface area is 101 Å². The van der Waals surface area contributed by atoms with E-state index in [1.807, 2.05) is 14.1 Å². The standard InChI is InChI=1S/C11H27NO3Si/c1-6-16(13-4,14-5)11-7-9-15-10-8-12(2)3/h6-11H2,1-5H3. The molecule has 0 aliphatic rings. The minimum absolute atomic E-state index is 0.799. The average Bonchev–Trinajstić information content (AvgIpc) is 2.29. The highest BCUT2D eigenvalue weighted by Crippen LogP contribution is 2.18. The van der Waals surface area contributed by atoms with E-state index in [-0.39, 0.29) is 0 Å². The highest BCUT2D eigenvalue weighted by Gasteiger charge is 2.32. The van der Waals surface area contributed by atoms with Gasteiger partial charge in [-0.15, -0.1) is 0 Å². The van der Waals surface area contributed by atoms with Crippen LogP contribution in [0.2, 0.25) is 12.1 Å². The third kappa shape index (κ3) is 6.60. The summed E-state index contributed by atoms with van der Waals surface area (Å²) in [7, 11) is 5.72. The van der Waals surface area contributed by atoms with Crippen molar-refractivity contribution in [2.45, 2.75) is 25.4 Å². The fourth-order valence-electron chi connectivity index (χ4n) is 1.55. The van der Waals surface area contributed by atoms with E-state index in [4.69, 9.17) is 13.6 Å². The van der Waals surface area contributed by atoms with Gasteiger partial charge in [-0.3, -0.25) is 0 Å². The van der Waals surface area contributed by atoms with E-state index in [1.165, 1.54) is 0 Å². The molecule has 0 saturated carbocycles. The zero-order valence-corrected chi connectivity index (χ0v) is 12.4. The molecule has 0 unspecified atom stereocenters. The zero-order chi connectivity index (χ0) is 12.4. The lowest BCUT2D eigenvalue weighted by Gasteiger charge is -2.25. The zero-order valence-electron chi connectivity index (χ0n) is 11.4. The molecule has 0 aromatic heterocycles. The lowest BCUT2D eigenvalue weighted by Crippen LogP contribution is -2.39. The number of rotatable bonds is 10. The molecule has 0 amide bonds. The molecule has 0 fully saturated rings. The maximum absolute atomic E-state index is 5.54. The van der Waals surface area contributed by atoms with Gasteiger partial charge >= 0.3 is 8.56 Å². The maximum atomic E-state index is 5.54. The van der Waals surface area contributed by atoms with Crippen molar-refractivity contribution in [3.63, 3.8) is 0 Å². The topological polar surface area (TPSA) is 30.9 Å². The van der Waals surface area contributed by atoms with Crippen molar-refractivity contribution in [3.8, 4) is 0 Å². The first-order chi connectivity index (χ1) is 7.60. The minimum Gasteiger partial charge on any atom is -0.398 e. The molecule has 0 aliphatic carbocycles. The summed E-state index contributed by atoms with van der Waals surface area (Å²) in [6, 6.07) is 2.01. The van der Waals surface area contributed by atoms with E-state index in [2.05, 4.69) is 11.8 Å². The predicted octanol–water partition coefficient (Wildman–Crippen LogP) is 1.71. The van der Waals surface area contributed by atoms with Crippen LogP contribution in [0.3, 0.4) is 0 Å². The Morgan fingerprint density at radius 1 is 1.06 bits per heavy atom. The summed E-state index contributed by atoms with van der Waals surface area (Å²) in [6.45, 7) is 4.71. The van der Waals surface area contributed by atoms with Gasteiger partial charge in [-0.25, -0.2) is 0 Å². The Hall–Kier alpha value is 0.0569. The predicted molar refractivity (Wildman–Crippen MR) is 69.1 cm³/mol. The molecule has 0 spiro atoms. The first kappa shape index (κ1) is 16.1. The monoisotopic (exact) mass is 249 g/mol. The van der Waals surface area contributed by atoms with Crippen molar-refractivity contribution >= 4 is 8.56 Å². The van der Waals surface area contributed by atoms with E-state index >= 15 is 0 Å². The molecule has 0 aliphatic heterocycles. The Kier molecular flexibility index (Phi) is 9.16. The van der Waals surface area contributed by atoms with Gasteiger partial charge in [0.2, 0.25) is 0 Å². The summed E-state index contributed by atoms with van der Waals surface area (Å²) in [6.07, 6.45) is 1.02. The number of likely N-dealkylation sites (N-methyl/N-ethyl adjacent to an activating group) is 1. The second-order valence-corrected chi connectivity index (χ2v) is 8.04. The first-order valence-electron chi connectivity index (χ1n) is 5.93. The summed E-state index contributed by atoms with van der Waals surface area (Å²) < 4.78 is 16.6. The Morgan fingerprint density at radius 3 is 2.12 bits per heavy atom. The van der Waals surface area contributed by atoms with Crippen molar-refractivity contribution in [2.24, 2.45) is 0 Å². The number of ether oxygens (including phenoxy) is 1. The van der Waals surface area contributed by atoms with Crippen molar-refractivity contribution in [3.05, 3.63) is 0 Å². The molecule has 0 aromatic rings. The molecule has 0 bridgehead atoms. The smallest absolute Gasteiger partial charge is 0.337 e. The summed E-state index contributed by atoms with van der Waals surface area (Å²) in [5.41, 5.74) is 0. The Bertz CT molecular complexity index is 155. The third-order valence-corrected chi connectivity index (χ3v) is 6.49. The van der Waals surface area contributed by atoms with Gasteiger partial charge in [-0.1, -0.05) is 6.92 Å². The molecular weight excluding hydrogens is 222 g/mol. The van der Waals surface area contributed by atoms with Gasteiger partial charge in [0.05, 0.1) is 6.61 Å². The quantitative estimate of drug-likeness (QED) is 0.436. The summed E-state index contributed by atoms with van der Waals surface area (Å²) in [5.74, 6) is 0. The lowest BCUT2D eigenvalue weighted by molar-refractivity contribution is 0.115. The van der Waals surface area contributed by atoms with Gasteiger partial charge in [-0.05, 0) is 32.6 Å². The Balaban J connectivity index is 3.55. The molecule has 0 N–H and O–H groups in total. The second-order valence-electron chi connectivity index (χ2n) is 4.19. The van der Waals surface area contributed by atoms with Crippen LogP contribution in [0, 0.1) is 0 Å². The van der Waals surface area contributed by atoms with Crippen molar-refractivity contribution in [2.75, 3.05) is 48.1 Å². The van der Waals surface area contributed by atoms with Crippen LogP contribution >= 0.6 is 0 Å². The summed E-state index contributed by atoms with van der Waals surface area (Å²) >= 11 is 0. The van der Waals surface area contributed by atoms with E-state index in [0.29, 0.717) is 0 Å². The molecule has 0 aromatic carbocycles. The van der Waals surface area contributed by atoms with Crippen LogP contribution in [0.15, 0.2) is 0 Å².